The number of nitriles is 1. The summed E-state index contributed by atoms with van der Waals surface area (Å²) in [5.41, 5.74) is 2.31. The quantitative estimate of drug-likeness (QED) is 0.669. The third-order valence-electron chi connectivity index (χ3n) is 3.22. The lowest BCUT2D eigenvalue weighted by atomic mass is 10.2. The molecular weight excluding hydrogens is 402 g/mol. The third kappa shape index (κ3) is 4.66. The van der Waals surface area contributed by atoms with Crippen molar-refractivity contribution in [3.63, 3.8) is 0 Å². The predicted molar refractivity (Wildman–Crippen MR) is 101 cm³/mol. The van der Waals surface area contributed by atoms with Crippen LogP contribution in [0.4, 0.5) is 5.13 Å². The number of nitrogens with zero attached hydrogens (tertiary/aromatic N) is 2. The van der Waals surface area contributed by atoms with Crippen molar-refractivity contribution >= 4 is 38.3 Å². The molecule has 0 spiro atoms. The second-order valence-electron chi connectivity index (χ2n) is 5.02. The minimum atomic E-state index is -0.292. The van der Waals surface area contributed by atoms with Crippen LogP contribution >= 0.6 is 27.3 Å². The highest BCUT2D eigenvalue weighted by Gasteiger charge is 2.09. The van der Waals surface area contributed by atoms with Crippen LogP contribution in [0, 0.1) is 11.3 Å². The molecule has 3 aromatic rings. The second-order valence-corrected chi connectivity index (χ2v) is 6.80. The van der Waals surface area contributed by atoms with Crippen molar-refractivity contribution in [2.24, 2.45) is 0 Å². The molecule has 3 rings (SSSR count). The number of nitrogens with one attached hydrogen (secondary N) is 1. The first-order valence-corrected chi connectivity index (χ1v) is 8.95. The van der Waals surface area contributed by atoms with Gasteiger partial charge in [0, 0.05) is 15.4 Å². The van der Waals surface area contributed by atoms with Gasteiger partial charge in [0.05, 0.1) is 17.3 Å². The van der Waals surface area contributed by atoms with E-state index in [-0.39, 0.29) is 12.5 Å². The fourth-order valence-electron chi connectivity index (χ4n) is 2.04. The molecule has 1 N–H and O–H groups in total. The molecule has 25 heavy (non-hydrogen) atoms. The topological polar surface area (TPSA) is 75.0 Å². The van der Waals surface area contributed by atoms with Gasteiger partial charge in [-0.3, -0.25) is 10.1 Å². The molecule has 0 aliphatic rings. The SMILES string of the molecule is N#Cc1ccc(OCC(=O)Nc2nc(-c3cccc(Br)c3)cs2)cc1. The fraction of sp³-hybridized carbons (Fsp3) is 0.0556. The van der Waals surface area contributed by atoms with Gasteiger partial charge in [-0.05, 0) is 36.4 Å². The van der Waals surface area contributed by atoms with Gasteiger partial charge >= 0.3 is 0 Å². The predicted octanol–water partition coefficient (Wildman–Crippen LogP) is 4.46. The zero-order valence-electron chi connectivity index (χ0n) is 12.9. The Balaban J connectivity index is 1.57. The van der Waals surface area contributed by atoms with Gasteiger partial charge in [-0.25, -0.2) is 4.98 Å². The molecule has 0 fully saturated rings. The molecule has 0 atom stereocenters. The number of aromatic nitrogens is 1. The number of hydrogen-bond donors (Lipinski definition) is 1. The lowest BCUT2D eigenvalue weighted by Crippen LogP contribution is -2.20. The number of anilines is 1. The van der Waals surface area contributed by atoms with E-state index in [2.05, 4.69) is 26.2 Å². The van der Waals surface area contributed by atoms with Crippen LogP contribution in [-0.2, 0) is 4.79 Å². The molecule has 1 aromatic heterocycles. The summed E-state index contributed by atoms with van der Waals surface area (Å²) in [5, 5.41) is 13.9. The lowest BCUT2D eigenvalue weighted by Gasteiger charge is -2.05. The summed E-state index contributed by atoms with van der Waals surface area (Å²) < 4.78 is 6.37. The molecule has 1 heterocycles. The zero-order valence-corrected chi connectivity index (χ0v) is 15.3. The molecule has 1 amide bonds. The summed E-state index contributed by atoms with van der Waals surface area (Å²) in [4.78, 5) is 16.4. The van der Waals surface area contributed by atoms with E-state index in [0.29, 0.717) is 16.4 Å². The van der Waals surface area contributed by atoms with E-state index in [1.807, 2.05) is 35.7 Å². The minimum absolute atomic E-state index is 0.127. The zero-order chi connectivity index (χ0) is 17.6. The van der Waals surface area contributed by atoms with E-state index in [9.17, 15) is 4.79 Å². The Morgan fingerprint density at radius 3 is 2.80 bits per heavy atom. The number of halogens is 1. The molecular formula is C18H12BrN3O2S. The molecule has 0 bridgehead atoms. The number of carbonyl (C=O) groups is 1. The molecule has 124 valence electrons. The molecule has 5 nitrogen and oxygen atoms in total. The molecule has 2 aromatic carbocycles. The van der Waals surface area contributed by atoms with Gasteiger partial charge in [0.25, 0.3) is 5.91 Å². The summed E-state index contributed by atoms with van der Waals surface area (Å²) >= 11 is 4.79. The van der Waals surface area contributed by atoms with Crippen molar-refractivity contribution < 1.29 is 9.53 Å². The number of hydrogen-bond acceptors (Lipinski definition) is 5. The maximum Gasteiger partial charge on any atom is 0.264 e. The molecule has 0 saturated heterocycles. The normalized spacial score (nSPS) is 10.1. The molecule has 0 aliphatic carbocycles. The first-order chi connectivity index (χ1) is 12.1. The molecule has 0 saturated carbocycles. The Labute approximate surface area is 157 Å². The van der Waals surface area contributed by atoms with E-state index in [1.165, 1.54) is 11.3 Å². The standard InChI is InChI=1S/C18H12BrN3O2S/c19-14-3-1-2-13(8-14)16-11-25-18(21-16)22-17(23)10-24-15-6-4-12(9-20)5-7-15/h1-8,11H,10H2,(H,21,22,23). The van der Waals surface area contributed by atoms with E-state index in [1.54, 1.807) is 24.3 Å². The van der Waals surface area contributed by atoms with Crippen LogP contribution in [0.5, 0.6) is 5.75 Å². The molecule has 0 radical (unpaired) electrons. The molecule has 7 heteroatoms. The monoisotopic (exact) mass is 413 g/mol. The van der Waals surface area contributed by atoms with Crippen LogP contribution in [0.25, 0.3) is 11.3 Å². The number of rotatable bonds is 5. The second kappa shape index (κ2) is 7.92. The van der Waals surface area contributed by atoms with Gasteiger partial charge in [-0.1, -0.05) is 28.1 Å². The Morgan fingerprint density at radius 1 is 1.28 bits per heavy atom. The van der Waals surface area contributed by atoms with E-state index in [0.717, 1.165) is 15.7 Å². The number of thiazole rings is 1. The van der Waals surface area contributed by atoms with Crippen molar-refractivity contribution in [3.05, 3.63) is 63.9 Å². The largest absolute Gasteiger partial charge is 0.484 e. The van der Waals surface area contributed by atoms with Crippen LogP contribution in [0.3, 0.4) is 0 Å². The van der Waals surface area contributed by atoms with Crippen LogP contribution in [0.1, 0.15) is 5.56 Å². The van der Waals surface area contributed by atoms with Gasteiger partial charge in [0.1, 0.15) is 5.75 Å². The number of amides is 1. The van der Waals surface area contributed by atoms with Crippen LogP contribution in [0.15, 0.2) is 58.4 Å². The number of ether oxygens (including phenoxy) is 1. The van der Waals surface area contributed by atoms with Crippen molar-refractivity contribution in [1.82, 2.24) is 4.98 Å². The van der Waals surface area contributed by atoms with Gasteiger partial charge in [0.2, 0.25) is 0 Å². The summed E-state index contributed by atoms with van der Waals surface area (Å²) in [6.45, 7) is -0.127. The average Bonchev–Trinajstić information content (AvgIpc) is 3.09. The average molecular weight is 414 g/mol. The van der Waals surface area contributed by atoms with E-state index in [4.69, 9.17) is 10.00 Å². The lowest BCUT2D eigenvalue weighted by molar-refractivity contribution is -0.118. The van der Waals surface area contributed by atoms with E-state index < -0.39 is 0 Å². The van der Waals surface area contributed by atoms with E-state index >= 15 is 0 Å². The van der Waals surface area contributed by atoms with Crippen LogP contribution in [0.2, 0.25) is 0 Å². The van der Waals surface area contributed by atoms with Crippen molar-refractivity contribution in [1.29, 1.82) is 5.26 Å². The van der Waals surface area contributed by atoms with Gasteiger partial charge < -0.3 is 4.74 Å². The van der Waals surface area contributed by atoms with Crippen LogP contribution < -0.4 is 10.1 Å². The summed E-state index contributed by atoms with van der Waals surface area (Å²) in [6, 6.07) is 16.4. The maximum atomic E-state index is 12.0. The van der Waals surface area contributed by atoms with Gasteiger partial charge in [-0.15, -0.1) is 11.3 Å². The minimum Gasteiger partial charge on any atom is -0.484 e. The van der Waals surface area contributed by atoms with Crippen molar-refractivity contribution in [2.45, 2.75) is 0 Å². The molecule has 0 aliphatic heterocycles. The number of carbonyl (C=O) groups excluding carboxylic acids is 1. The van der Waals surface area contributed by atoms with Gasteiger partial charge in [0.15, 0.2) is 11.7 Å². The highest BCUT2D eigenvalue weighted by molar-refractivity contribution is 9.10. The highest BCUT2D eigenvalue weighted by Crippen LogP contribution is 2.26. The maximum absolute atomic E-state index is 12.0. The van der Waals surface area contributed by atoms with Gasteiger partial charge in [-0.2, -0.15) is 5.26 Å². The van der Waals surface area contributed by atoms with Crippen molar-refractivity contribution in [3.8, 4) is 23.1 Å². The summed E-state index contributed by atoms with van der Waals surface area (Å²) in [6.07, 6.45) is 0. The first-order valence-electron chi connectivity index (χ1n) is 7.28. The smallest absolute Gasteiger partial charge is 0.264 e. The molecule has 0 unspecified atom stereocenters. The number of benzene rings is 2. The Kier molecular flexibility index (Phi) is 5.43. The Hall–Kier alpha value is -2.69. The Bertz CT molecular complexity index is 932. The summed E-state index contributed by atoms with van der Waals surface area (Å²) in [5.74, 6) is 0.239. The Morgan fingerprint density at radius 2 is 2.08 bits per heavy atom. The third-order valence-corrected chi connectivity index (χ3v) is 4.48. The highest BCUT2D eigenvalue weighted by atomic mass is 79.9. The van der Waals surface area contributed by atoms with Crippen molar-refractivity contribution in [2.75, 3.05) is 11.9 Å². The summed E-state index contributed by atoms with van der Waals surface area (Å²) in [7, 11) is 0. The first kappa shape index (κ1) is 17.1. The van der Waals surface area contributed by atoms with Crippen LogP contribution in [-0.4, -0.2) is 17.5 Å². The fourth-order valence-corrected chi connectivity index (χ4v) is 3.18.